The number of nitrogens with one attached hydrogen (secondary N) is 3. The van der Waals surface area contributed by atoms with Crippen LogP contribution in [-0.4, -0.2) is 113 Å². The summed E-state index contributed by atoms with van der Waals surface area (Å²) in [6.45, 7) is 3.13. The molecule has 0 radical (unpaired) electrons. The van der Waals surface area contributed by atoms with Crippen LogP contribution in [-0.2, 0) is 28.5 Å². The number of alkyl carbamates (subject to hydrolysis) is 1. The monoisotopic (exact) mass is 742 g/mol. The van der Waals surface area contributed by atoms with Gasteiger partial charge in [-0.2, -0.15) is 0 Å². The van der Waals surface area contributed by atoms with E-state index in [1.807, 2.05) is 24.3 Å². The minimum absolute atomic E-state index is 0.184. The van der Waals surface area contributed by atoms with E-state index in [4.69, 9.17) is 24.7 Å². The second-order valence-electron chi connectivity index (χ2n) is 13.0. The topological polar surface area (TPSA) is 207 Å². The van der Waals surface area contributed by atoms with Crippen molar-refractivity contribution in [2.24, 2.45) is 5.73 Å². The van der Waals surface area contributed by atoms with Crippen LogP contribution in [0.2, 0.25) is 0 Å². The number of likely N-dealkylation sites (tertiary alicyclic amines) is 2. The molecule has 3 aromatic rings. The van der Waals surface area contributed by atoms with Crippen LogP contribution in [0.4, 0.5) is 9.59 Å². The van der Waals surface area contributed by atoms with Crippen LogP contribution in [0.5, 0.6) is 0 Å². The summed E-state index contributed by atoms with van der Waals surface area (Å²) in [5.41, 5.74) is 7.84. The molecule has 1 aromatic carbocycles. The molecule has 2 saturated heterocycles. The van der Waals surface area contributed by atoms with E-state index in [-0.39, 0.29) is 36.4 Å². The van der Waals surface area contributed by atoms with Gasteiger partial charge in [0.1, 0.15) is 29.1 Å². The fourth-order valence-corrected chi connectivity index (χ4v) is 6.50. The number of methoxy groups -OCH3 is 3. The normalized spacial score (nSPS) is 18.1. The molecule has 2 aliphatic heterocycles. The Balaban J connectivity index is 1.20. The lowest BCUT2D eigenvalue weighted by molar-refractivity contribution is -0.143. The summed E-state index contributed by atoms with van der Waals surface area (Å²) in [5.74, 6) is 13.1. The molecule has 16 heteroatoms. The molecule has 0 aliphatic carbocycles. The first-order valence-corrected chi connectivity index (χ1v) is 17.8. The third-order valence-corrected chi connectivity index (χ3v) is 9.32. The molecule has 2 fully saturated rings. The van der Waals surface area contributed by atoms with Gasteiger partial charge in [0.05, 0.1) is 25.3 Å². The Morgan fingerprint density at radius 1 is 0.870 bits per heavy atom. The quantitative estimate of drug-likeness (QED) is 0.200. The summed E-state index contributed by atoms with van der Waals surface area (Å²) in [6.07, 6.45) is 3.85. The van der Waals surface area contributed by atoms with Crippen LogP contribution in [0.3, 0.4) is 0 Å². The van der Waals surface area contributed by atoms with Crippen molar-refractivity contribution in [2.45, 2.75) is 75.8 Å². The fourth-order valence-electron chi connectivity index (χ4n) is 6.50. The number of ether oxygens (including phenoxy) is 4. The zero-order valence-electron chi connectivity index (χ0n) is 30.8. The van der Waals surface area contributed by atoms with Gasteiger partial charge in [-0.3, -0.25) is 9.59 Å². The maximum atomic E-state index is 13.4. The molecule has 54 heavy (non-hydrogen) atoms. The lowest BCUT2D eigenvalue weighted by atomic mass is 10.1. The Bertz CT molecular complexity index is 1900. The predicted octanol–water partition coefficient (Wildman–Crippen LogP) is 2.91. The molecule has 4 amide bonds. The number of primary amides is 1. The molecule has 1 unspecified atom stereocenters. The lowest BCUT2D eigenvalue weighted by Crippen LogP contribution is -2.49. The maximum absolute atomic E-state index is 13.4. The number of hydrogen-bond donors (Lipinski definition) is 4. The van der Waals surface area contributed by atoms with Crippen LogP contribution >= 0.6 is 0 Å². The number of hydrogen-bond acceptors (Lipinski definition) is 10. The summed E-state index contributed by atoms with van der Waals surface area (Å²) in [5, 5.41) is 2.62. The number of aromatic nitrogens is 4. The Morgan fingerprint density at radius 2 is 1.41 bits per heavy atom. The number of nitrogens with two attached hydrogens (primary N) is 1. The highest BCUT2D eigenvalue weighted by atomic mass is 16.6. The zero-order valence-corrected chi connectivity index (χ0v) is 30.8. The van der Waals surface area contributed by atoms with Gasteiger partial charge < -0.3 is 49.8 Å². The molecule has 286 valence electrons. The zero-order chi connectivity index (χ0) is 38.6. The van der Waals surface area contributed by atoms with Crippen LogP contribution in [0.1, 0.15) is 91.7 Å². The molecule has 0 bridgehead atoms. The maximum Gasteiger partial charge on any atom is 0.407 e. The van der Waals surface area contributed by atoms with E-state index in [0.29, 0.717) is 55.6 Å². The third kappa shape index (κ3) is 10.2. The minimum atomic E-state index is -1.05. The van der Waals surface area contributed by atoms with Gasteiger partial charge in [0.15, 0.2) is 6.10 Å². The predicted molar refractivity (Wildman–Crippen MR) is 194 cm³/mol. The van der Waals surface area contributed by atoms with Gasteiger partial charge in [-0.15, -0.1) is 0 Å². The van der Waals surface area contributed by atoms with Gasteiger partial charge in [-0.25, -0.2) is 19.6 Å². The van der Waals surface area contributed by atoms with Crippen LogP contribution in [0.15, 0.2) is 36.7 Å². The average Bonchev–Trinajstić information content (AvgIpc) is 4.01. The van der Waals surface area contributed by atoms with Crippen molar-refractivity contribution in [1.82, 2.24) is 35.1 Å². The van der Waals surface area contributed by atoms with Crippen molar-refractivity contribution >= 4 is 24.0 Å². The SMILES string of the molecule is COCC[C@H](NC(=O)OC)C(=O)N1CCC[C@H]1c1nc(C#Cc2ccc(C#Cc3c[nH]c([C@@H]4CCCN4C(=O)[C@H](CC(C)OC)OC(N)=O)n3)cc2)c[nH]1. The highest BCUT2D eigenvalue weighted by molar-refractivity contribution is 5.86. The second-order valence-corrected chi connectivity index (χ2v) is 13.0. The molecular weight excluding hydrogens is 696 g/mol. The van der Waals surface area contributed by atoms with Gasteiger partial charge >= 0.3 is 12.2 Å². The molecule has 5 rings (SSSR count). The van der Waals surface area contributed by atoms with Crippen molar-refractivity contribution < 1.29 is 38.1 Å². The average molecular weight is 743 g/mol. The Kier molecular flexibility index (Phi) is 13.7. The van der Waals surface area contributed by atoms with E-state index in [1.165, 1.54) is 21.3 Å². The van der Waals surface area contributed by atoms with Crippen LogP contribution in [0, 0.1) is 23.7 Å². The highest BCUT2D eigenvalue weighted by Crippen LogP contribution is 2.32. The number of H-pyrrole nitrogens is 2. The molecule has 5 N–H and O–H groups in total. The number of imidazole rings is 2. The summed E-state index contributed by atoms with van der Waals surface area (Å²) >= 11 is 0. The second kappa shape index (κ2) is 18.8. The van der Waals surface area contributed by atoms with E-state index in [1.54, 1.807) is 29.1 Å². The van der Waals surface area contributed by atoms with Crippen molar-refractivity contribution in [3.05, 3.63) is 70.8 Å². The molecule has 0 spiro atoms. The number of nitrogens with zero attached hydrogens (tertiary/aromatic N) is 4. The van der Waals surface area contributed by atoms with Crippen LogP contribution < -0.4 is 11.1 Å². The molecule has 16 nitrogen and oxygen atoms in total. The molecule has 0 saturated carbocycles. The van der Waals surface area contributed by atoms with Crippen LogP contribution in [0.25, 0.3) is 0 Å². The van der Waals surface area contributed by atoms with E-state index in [9.17, 15) is 19.2 Å². The van der Waals surface area contributed by atoms with Crippen molar-refractivity contribution in [3.63, 3.8) is 0 Å². The molecular formula is C38H46N8O8. The number of rotatable bonds is 12. The Hall–Kier alpha value is -5.84. The summed E-state index contributed by atoms with van der Waals surface area (Å²) in [6, 6.07) is 6.09. The van der Waals surface area contributed by atoms with Crippen molar-refractivity contribution in [3.8, 4) is 23.7 Å². The van der Waals surface area contributed by atoms with Crippen molar-refractivity contribution in [2.75, 3.05) is 41.0 Å². The number of benzene rings is 1. The van der Waals surface area contributed by atoms with Crippen molar-refractivity contribution in [1.29, 1.82) is 0 Å². The first-order chi connectivity index (χ1) is 26.1. The molecule has 5 atom stereocenters. The first kappa shape index (κ1) is 39.4. The standard InChI is InChI=1S/C38H46N8O8/c1-24(52-3)21-32(54-37(39)49)36(48)46-19-6-8-31(46)34-41-23-28(43-34)16-14-26-11-9-25(10-12-26)13-15-27-22-40-33(42-27)30-7-5-18-45(30)35(47)29(17-20-51-2)44-38(50)53-4/h9-12,22-24,29-32H,5-8,17-21H2,1-4H3,(H2,39,49)(H,40,42)(H,41,43)(H,44,50)/t24?,29-,30-,31-,32-/m0/s1. The lowest BCUT2D eigenvalue weighted by Gasteiger charge is -2.28. The highest BCUT2D eigenvalue weighted by Gasteiger charge is 2.38. The summed E-state index contributed by atoms with van der Waals surface area (Å²) < 4.78 is 20.3. The first-order valence-electron chi connectivity index (χ1n) is 17.8. The number of amides is 4. The largest absolute Gasteiger partial charge is 0.453 e. The van der Waals surface area contributed by atoms with E-state index in [2.05, 4.69) is 48.9 Å². The van der Waals surface area contributed by atoms with Gasteiger partial charge in [0, 0.05) is 70.3 Å². The van der Waals surface area contributed by atoms with E-state index >= 15 is 0 Å². The van der Waals surface area contributed by atoms with Gasteiger partial charge in [0.2, 0.25) is 5.91 Å². The Morgan fingerprint density at radius 3 is 1.89 bits per heavy atom. The molecule has 4 heterocycles. The number of carbonyl (C=O) groups excluding carboxylic acids is 4. The van der Waals surface area contributed by atoms with Gasteiger partial charge in [-0.05, 0) is 68.7 Å². The number of carbonyl (C=O) groups is 4. The van der Waals surface area contributed by atoms with Gasteiger partial charge in [-0.1, -0.05) is 11.8 Å². The smallest absolute Gasteiger partial charge is 0.407 e. The number of aromatic amines is 2. The van der Waals surface area contributed by atoms with E-state index in [0.717, 1.165) is 30.4 Å². The third-order valence-electron chi connectivity index (χ3n) is 9.32. The van der Waals surface area contributed by atoms with Gasteiger partial charge in [0.25, 0.3) is 5.91 Å². The summed E-state index contributed by atoms with van der Waals surface area (Å²) in [7, 11) is 4.32. The fraction of sp³-hybridized carbons (Fsp3) is 0.474. The minimum Gasteiger partial charge on any atom is -0.453 e. The molecule has 2 aromatic heterocycles. The molecule has 2 aliphatic rings. The van der Waals surface area contributed by atoms with E-state index < -0.39 is 24.3 Å². The Labute approximate surface area is 313 Å². The summed E-state index contributed by atoms with van der Waals surface area (Å²) in [4.78, 5) is 69.2.